The quantitative estimate of drug-likeness (QED) is 0.885. The topological polar surface area (TPSA) is 50.2 Å². The van der Waals surface area contributed by atoms with Crippen LogP contribution < -0.4 is 5.32 Å². The fraction of sp³-hybridized carbons (Fsp3) is 0.714. The minimum Gasteiger partial charge on any atom is -0.310 e. The maximum atomic E-state index is 12.3. The van der Waals surface area contributed by atoms with Gasteiger partial charge >= 0.3 is 0 Å². The second kappa shape index (κ2) is 6.19. The molecule has 0 bridgehead atoms. The molecule has 2 rings (SSSR count). The first-order valence-electron chi connectivity index (χ1n) is 7.17. The summed E-state index contributed by atoms with van der Waals surface area (Å²) < 4.78 is 1.91. The van der Waals surface area contributed by atoms with Crippen molar-refractivity contribution in [2.24, 2.45) is 0 Å². The summed E-state index contributed by atoms with van der Waals surface area (Å²) in [5, 5.41) is 7.47. The summed E-state index contributed by atoms with van der Waals surface area (Å²) in [5.74, 6) is 0.925. The van der Waals surface area contributed by atoms with Crippen molar-refractivity contribution in [1.82, 2.24) is 14.7 Å². The van der Waals surface area contributed by atoms with Gasteiger partial charge in [0.1, 0.15) is 5.82 Å². The van der Waals surface area contributed by atoms with Crippen molar-refractivity contribution in [1.29, 1.82) is 0 Å². The Morgan fingerprint density at radius 1 is 1.58 bits per heavy atom. The van der Waals surface area contributed by atoms with E-state index in [1.807, 2.05) is 24.7 Å². The molecule has 19 heavy (non-hydrogen) atoms. The molecule has 1 aromatic rings. The maximum absolute atomic E-state index is 12.3. The van der Waals surface area contributed by atoms with Gasteiger partial charge < -0.3 is 5.32 Å². The fourth-order valence-corrected chi connectivity index (χ4v) is 2.58. The van der Waals surface area contributed by atoms with E-state index in [0.29, 0.717) is 0 Å². The number of rotatable bonds is 5. The number of hydrogen-bond donors (Lipinski definition) is 1. The number of aryl methyl sites for hydroxylation is 2. The van der Waals surface area contributed by atoms with Crippen molar-refractivity contribution >= 4 is 11.7 Å². The number of likely N-dealkylation sites (tertiary alicyclic amines) is 1. The Morgan fingerprint density at radius 2 is 2.37 bits per heavy atom. The first-order valence-corrected chi connectivity index (χ1v) is 7.17. The average molecular weight is 264 g/mol. The molecule has 1 amide bonds. The van der Waals surface area contributed by atoms with Gasteiger partial charge in [0.2, 0.25) is 5.91 Å². The molecule has 2 heterocycles. The van der Waals surface area contributed by atoms with Crippen LogP contribution in [0.25, 0.3) is 0 Å². The second-order valence-corrected chi connectivity index (χ2v) is 5.38. The van der Waals surface area contributed by atoms with Crippen LogP contribution in [0.5, 0.6) is 0 Å². The van der Waals surface area contributed by atoms with Crippen molar-refractivity contribution in [3.8, 4) is 0 Å². The first kappa shape index (κ1) is 14.1. The van der Waals surface area contributed by atoms with Gasteiger partial charge in [-0.1, -0.05) is 13.3 Å². The normalized spacial score (nSPS) is 19.8. The van der Waals surface area contributed by atoms with E-state index in [2.05, 4.69) is 22.2 Å². The van der Waals surface area contributed by atoms with Crippen LogP contribution in [-0.2, 0) is 11.3 Å². The molecule has 0 radical (unpaired) electrons. The number of anilines is 1. The predicted octanol–water partition coefficient (Wildman–Crippen LogP) is 2.02. The van der Waals surface area contributed by atoms with Crippen LogP contribution in [0.15, 0.2) is 6.07 Å². The Bertz CT molecular complexity index is 441. The standard InChI is InChI=1S/C14H24N4O/c1-4-5-9-18-13(10-11(2)16-18)15-14(19)12-7-6-8-17(12)3/h10,12H,4-9H2,1-3H3,(H,15,19)/t12-/m0/s1. The number of nitrogens with zero attached hydrogens (tertiary/aromatic N) is 3. The first-order chi connectivity index (χ1) is 9.11. The lowest BCUT2D eigenvalue weighted by molar-refractivity contribution is -0.120. The Labute approximate surface area is 115 Å². The summed E-state index contributed by atoms with van der Waals surface area (Å²) in [6.45, 7) is 5.98. The van der Waals surface area contributed by atoms with E-state index in [9.17, 15) is 4.79 Å². The summed E-state index contributed by atoms with van der Waals surface area (Å²) in [6, 6.07) is 1.96. The molecular formula is C14H24N4O. The highest BCUT2D eigenvalue weighted by atomic mass is 16.2. The van der Waals surface area contributed by atoms with Crippen LogP contribution in [0.2, 0.25) is 0 Å². The largest absolute Gasteiger partial charge is 0.310 e. The second-order valence-electron chi connectivity index (χ2n) is 5.38. The summed E-state index contributed by atoms with van der Waals surface area (Å²) in [6.07, 6.45) is 4.25. The number of carbonyl (C=O) groups excluding carboxylic acids is 1. The molecule has 106 valence electrons. The molecule has 0 saturated carbocycles. The van der Waals surface area contributed by atoms with Gasteiger partial charge in [-0.25, -0.2) is 4.68 Å². The molecule has 0 spiro atoms. The molecule has 1 aromatic heterocycles. The van der Waals surface area contributed by atoms with E-state index in [4.69, 9.17) is 0 Å². The molecule has 1 aliphatic heterocycles. The van der Waals surface area contributed by atoms with E-state index >= 15 is 0 Å². The Balaban J connectivity index is 2.03. The fourth-order valence-electron chi connectivity index (χ4n) is 2.58. The van der Waals surface area contributed by atoms with E-state index in [1.165, 1.54) is 0 Å². The third-order valence-electron chi connectivity index (χ3n) is 3.70. The van der Waals surface area contributed by atoms with Gasteiger partial charge in [-0.05, 0) is 39.8 Å². The molecule has 1 saturated heterocycles. The third kappa shape index (κ3) is 3.35. The van der Waals surface area contributed by atoms with E-state index in [-0.39, 0.29) is 11.9 Å². The highest BCUT2D eigenvalue weighted by Crippen LogP contribution is 2.18. The number of likely N-dealkylation sites (N-methyl/N-ethyl adjacent to an activating group) is 1. The van der Waals surface area contributed by atoms with Crippen LogP contribution in [0.3, 0.4) is 0 Å². The molecule has 5 nitrogen and oxygen atoms in total. The van der Waals surface area contributed by atoms with Gasteiger partial charge in [-0.15, -0.1) is 0 Å². The van der Waals surface area contributed by atoms with Gasteiger partial charge in [0.15, 0.2) is 0 Å². The zero-order valence-corrected chi connectivity index (χ0v) is 12.1. The van der Waals surface area contributed by atoms with Gasteiger partial charge in [0, 0.05) is 12.6 Å². The van der Waals surface area contributed by atoms with Gasteiger partial charge in [-0.3, -0.25) is 9.69 Å². The molecule has 1 fully saturated rings. The third-order valence-corrected chi connectivity index (χ3v) is 3.70. The number of carbonyl (C=O) groups is 1. The van der Waals surface area contributed by atoms with Crippen molar-refractivity contribution in [2.75, 3.05) is 18.9 Å². The van der Waals surface area contributed by atoms with Crippen LogP contribution in [-0.4, -0.2) is 40.2 Å². The zero-order valence-electron chi connectivity index (χ0n) is 12.1. The van der Waals surface area contributed by atoms with Crippen LogP contribution >= 0.6 is 0 Å². The van der Waals surface area contributed by atoms with Crippen molar-refractivity contribution < 1.29 is 4.79 Å². The van der Waals surface area contributed by atoms with Crippen LogP contribution in [0.1, 0.15) is 38.3 Å². The predicted molar refractivity (Wildman–Crippen MR) is 76.2 cm³/mol. The Hall–Kier alpha value is -1.36. The van der Waals surface area contributed by atoms with Gasteiger partial charge in [-0.2, -0.15) is 5.10 Å². The highest BCUT2D eigenvalue weighted by Gasteiger charge is 2.28. The molecular weight excluding hydrogens is 240 g/mol. The van der Waals surface area contributed by atoms with Crippen LogP contribution in [0.4, 0.5) is 5.82 Å². The Morgan fingerprint density at radius 3 is 3.00 bits per heavy atom. The SMILES string of the molecule is CCCCn1nc(C)cc1NC(=O)[C@@H]1CCCN1C. The summed E-state index contributed by atoms with van der Waals surface area (Å²) in [5.41, 5.74) is 0.950. The molecule has 0 aliphatic carbocycles. The lowest BCUT2D eigenvalue weighted by Crippen LogP contribution is -2.37. The van der Waals surface area contributed by atoms with Crippen molar-refractivity contribution in [2.45, 2.75) is 52.1 Å². The monoisotopic (exact) mass is 264 g/mol. The van der Waals surface area contributed by atoms with Gasteiger partial charge in [0.25, 0.3) is 0 Å². The van der Waals surface area contributed by atoms with E-state index < -0.39 is 0 Å². The smallest absolute Gasteiger partial charge is 0.242 e. The number of nitrogens with one attached hydrogen (secondary N) is 1. The lowest BCUT2D eigenvalue weighted by Gasteiger charge is -2.18. The average Bonchev–Trinajstić information content (AvgIpc) is 2.93. The van der Waals surface area contributed by atoms with Crippen LogP contribution in [0, 0.1) is 6.92 Å². The molecule has 0 unspecified atom stereocenters. The Kier molecular flexibility index (Phi) is 4.58. The minimum absolute atomic E-state index is 0.00910. The number of amides is 1. The number of hydrogen-bond acceptors (Lipinski definition) is 3. The van der Waals surface area contributed by atoms with Crippen molar-refractivity contribution in [3.05, 3.63) is 11.8 Å². The summed E-state index contributed by atoms with van der Waals surface area (Å²) >= 11 is 0. The number of unbranched alkanes of at least 4 members (excludes halogenated alkanes) is 1. The summed E-state index contributed by atoms with van der Waals surface area (Å²) in [4.78, 5) is 14.4. The van der Waals surface area contributed by atoms with E-state index in [0.717, 1.165) is 50.3 Å². The summed E-state index contributed by atoms with van der Waals surface area (Å²) in [7, 11) is 2.01. The maximum Gasteiger partial charge on any atom is 0.242 e. The van der Waals surface area contributed by atoms with Gasteiger partial charge in [0.05, 0.1) is 11.7 Å². The minimum atomic E-state index is 0.00910. The molecule has 1 atom stereocenters. The molecule has 1 aliphatic rings. The van der Waals surface area contributed by atoms with E-state index in [1.54, 1.807) is 0 Å². The molecule has 0 aromatic carbocycles. The van der Waals surface area contributed by atoms with Crippen molar-refractivity contribution in [3.63, 3.8) is 0 Å². The zero-order chi connectivity index (χ0) is 13.8. The number of aromatic nitrogens is 2. The highest BCUT2D eigenvalue weighted by molar-refractivity contribution is 5.94. The molecule has 5 heteroatoms. The molecule has 1 N–H and O–H groups in total. The lowest BCUT2D eigenvalue weighted by atomic mass is 10.2.